The predicted octanol–water partition coefficient (Wildman–Crippen LogP) is 12.4. The number of nitrogens with one attached hydrogen (secondary N) is 2. The summed E-state index contributed by atoms with van der Waals surface area (Å²) in [5, 5.41) is 13.2. The zero-order valence-electron chi connectivity index (χ0n) is 30.9. The second-order valence-electron chi connectivity index (χ2n) is 15.1. The Labute approximate surface area is 328 Å². The number of para-hydroxylation sites is 2. The van der Waals surface area contributed by atoms with Crippen LogP contribution in [-0.4, -0.2) is 10.4 Å². The fourth-order valence-electron chi connectivity index (χ4n) is 9.15. The third kappa shape index (κ3) is 5.11. The quantitative estimate of drug-likeness (QED) is 0.185. The molecule has 0 bridgehead atoms. The summed E-state index contributed by atoms with van der Waals surface area (Å²) in [7, 11) is 0. The standard InChI is InChI=1S/C51H36N4O2/c1-3-13-31(14-4-1)49-52-50(32-15-5-2-6-16-32)54-51(53-49)39-21-12-24-46-47(39)41-29-33(25-27-45(41)56-46)35-19-11-20-38-40-30-34(26-28-44(40)57-48(35)38)55-42-22-9-7-17-36(42)37-18-8-10-23-43(37)55/h1-9,11-22,24-30,49,51,53H,10,23H2,(H,52,54). The molecule has 0 saturated carbocycles. The molecule has 2 atom stereocenters. The second-order valence-corrected chi connectivity index (χ2v) is 15.1. The third-order valence-corrected chi connectivity index (χ3v) is 11.8. The van der Waals surface area contributed by atoms with Crippen LogP contribution in [0, 0.1) is 0 Å². The molecule has 10 aromatic rings. The van der Waals surface area contributed by atoms with Crippen LogP contribution in [-0.2, 0) is 6.42 Å². The first kappa shape index (κ1) is 32.1. The average Bonchev–Trinajstić information content (AvgIpc) is 3.96. The highest BCUT2D eigenvalue weighted by Crippen LogP contribution is 2.42. The molecule has 2 unspecified atom stereocenters. The van der Waals surface area contributed by atoms with Gasteiger partial charge in [0.2, 0.25) is 0 Å². The number of rotatable bonds is 5. The summed E-state index contributed by atoms with van der Waals surface area (Å²) in [5.41, 5.74) is 13.9. The molecule has 7 aromatic carbocycles. The van der Waals surface area contributed by atoms with Crippen molar-refractivity contribution in [3.05, 3.63) is 192 Å². The van der Waals surface area contributed by atoms with Gasteiger partial charge in [-0.1, -0.05) is 127 Å². The van der Waals surface area contributed by atoms with Gasteiger partial charge in [-0.2, -0.15) is 0 Å². The van der Waals surface area contributed by atoms with Crippen molar-refractivity contribution >= 4 is 66.7 Å². The minimum Gasteiger partial charge on any atom is -0.456 e. The molecule has 2 N–H and O–H groups in total. The normalized spacial score (nSPS) is 16.7. The Kier molecular flexibility index (Phi) is 7.16. The second kappa shape index (κ2) is 12.7. The molecule has 6 heteroatoms. The molecule has 2 aliphatic rings. The number of allylic oxidation sites excluding steroid dienone is 1. The zero-order chi connectivity index (χ0) is 37.5. The maximum Gasteiger partial charge on any atom is 0.143 e. The zero-order valence-corrected chi connectivity index (χ0v) is 30.9. The molecule has 4 heterocycles. The SMILES string of the molecule is C1=Cc2c(n(-c3ccc4oc5c(-c6ccc7oc8cccc(C9NC(c%10ccccc%10)=NC(c%10ccccc%10)N9)c8c7c6)cccc5c4c3)c3ccccc23)CC1. The van der Waals surface area contributed by atoms with E-state index in [2.05, 4.69) is 173 Å². The molecule has 0 spiro atoms. The Morgan fingerprint density at radius 1 is 0.614 bits per heavy atom. The fraction of sp³-hybridized carbons (Fsp3) is 0.0784. The summed E-state index contributed by atoms with van der Waals surface area (Å²) in [6, 6.07) is 55.4. The lowest BCUT2D eigenvalue weighted by Gasteiger charge is -2.32. The van der Waals surface area contributed by atoms with Crippen LogP contribution in [0.3, 0.4) is 0 Å². The van der Waals surface area contributed by atoms with Crippen molar-refractivity contribution in [2.75, 3.05) is 0 Å². The number of aromatic nitrogens is 1. The smallest absolute Gasteiger partial charge is 0.143 e. The first-order chi connectivity index (χ1) is 28.2. The summed E-state index contributed by atoms with van der Waals surface area (Å²) in [4.78, 5) is 5.14. The molecule has 0 saturated heterocycles. The summed E-state index contributed by atoms with van der Waals surface area (Å²) in [6.45, 7) is 0. The van der Waals surface area contributed by atoms with Crippen molar-refractivity contribution in [2.45, 2.75) is 25.2 Å². The molecular weight excluding hydrogens is 701 g/mol. The minimum atomic E-state index is -0.235. The highest BCUT2D eigenvalue weighted by atomic mass is 16.3. The number of aliphatic imine (C=N–C) groups is 1. The highest BCUT2D eigenvalue weighted by Gasteiger charge is 2.28. The molecule has 6 nitrogen and oxygen atoms in total. The Balaban J connectivity index is 0.980. The van der Waals surface area contributed by atoms with Gasteiger partial charge in [-0.15, -0.1) is 0 Å². The molecule has 0 fully saturated rings. The van der Waals surface area contributed by atoms with Crippen LogP contribution in [0.5, 0.6) is 0 Å². The lowest BCUT2D eigenvalue weighted by atomic mass is 9.98. The number of hydrogen-bond acceptors (Lipinski definition) is 5. The van der Waals surface area contributed by atoms with Crippen LogP contribution in [0.2, 0.25) is 0 Å². The fourth-order valence-corrected chi connectivity index (χ4v) is 9.15. The monoisotopic (exact) mass is 736 g/mol. The Hall–Kier alpha value is -7.15. The topological polar surface area (TPSA) is 67.6 Å². The number of furan rings is 2. The first-order valence-corrected chi connectivity index (χ1v) is 19.7. The minimum absolute atomic E-state index is 0.233. The van der Waals surface area contributed by atoms with Crippen LogP contribution < -0.4 is 10.6 Å². The number of hydrogen-bond donors (Lipinski definition) is 2. The van der Waals surface area contributed by atoms with E-state index in [1.165, 1.54) is 22.2 Å². The summed E-state index contributed by atoms with van der Waals surface area (Å²) in [5.74, 6) is 0.847. The van der Waals surface area contributed by atoms with Crippen molar-refractivity contribution < 1.29 is 8.83 Å². The van der Waals surface area contributed by atoms with Gasteiger partial charge in [0.25, 0.3) is 0 Å². The van der Waals surface area contributed by atoms with E-state index in [1.807, 2.05) is 12.1 Å². The van der Waals surface area contributed by atoms with E-state index in [-0.39, 0.29) is 12.3 Å². The molecule has 57 heavy (non-hydrogen) atoms. The maximum absolute atomic E-state index is 6.74. The van der Waals surface area contributed by atoms with Crippen LogP contribution in [0.15, 0.2) is 178 Å². The van der Waals surface area contributed by atoms with Crippen LogP contribution in [0.1, 0.15) is 46.7 Å². The van der Waals surface area contributed by atoms with Gasteiger partial charge >= 0.3 is 0 Å². The highest BCUT2D eigenvalue weighted by molar-refractivity contribution is 6.13. The van der Waals surface area contributed by atoms with E-state index in [4.69, 9.17) is 13.8 Å². The van der Waals surface area contributed by atoms with E-state index < -0.39 is 0 Å². The van der Waals surface area contributed by atoms with E-state index in [0.717, 1.165) is 96.1 Å². The molecule has 1 aliphatic heterocycles. The van der Waals surface area contributed by atoms with E-state index in [9.17, 15) is 0 Å². The van der Waals surface area contributed by atoms with Gasteiger partial charge in [0.05, 0.1) is 5.52 Å². The van der Waals surface area contributed by atoms with Crippen LogP contribution in [0.25, 0.3) is 77.7 Å². The number of nitrogens with zero attached hydrogens (tertiary/aromatic N) is 2. The lowest BCUT2D eigenvalue weighted by molar-refractivity contribution is 0.411. The van der Waals surface area contributed by atoms with Crippen LogP contribution in [0.4, 0.5) is 0 Å². The van der Waals surface area contributed by atoms with Gasteiger partial charge in [-0.05, 0) is 66.4 Å². The van der Waals surface area contributed by atoms with Gasteiger partial charge in [0.15, 0.2) is 0 Å². The van der Waals surface area contributed by atoms with Crippen LogP contribution >= 0.6 is 0 Å². The first-order valence-electron chi connectivity index (χ1n) is 19.7. The summed E-state index contributed by atoms with van der Waals surface area (Å²) in [6.07, 6.45) is 6.18. The number of fused-ring (bicyclic) bond motifs is 9. The Morgan fingerprint density at radius 2 is 1.40 bits per heavy atom. The molecule has 0 amide bonds. The Morgan fingerprint density at radius 3 is 2.32 bits per heavy atom. The molecule has 0 radical (unpaired) electrons. The van der Waals surface area contributed by atoms with Crippen molar-refractivity contribution in [1.82, 2.24) is 15.2 Å². The van der Waals surface area contributed by atoms with E-state index >= 15 is 0 Å². The average molecular weight is 737 g/mol. The van der Waals surface area contributed by atoms with Crippen molar-refractivity contribution in [3.63, 3.8) is 0 Å². The van der Waals surface area contributed by atoms with Gasteiger partial charge in [-0.3, -0.25) is 5.32 Å². The van der Waals surface area contributed by atoms with Gasteiger partial charge < -0.3 is 18.7 Å². The van der Waals surface area contributed by atoms with Gasteiger partial charge in [-0.25, -0.2) is 4.99 Å². The largest absolute Gasteiger partial charge is 0.456 e. The number of benzene rings is 7. The predicted molar refractivity (Wildman–Crippen MR) is 232 cm³/mol. The molecule has 12 rings (SSSR count). The van der Waals surface area contributed by atoms with E-state index in [1.54, 1.807) is 0 Å². The van der Waals surface area contributed by atoms with Gasteiger partial charge in [0.1, 0.15) is 40.5 Å². The number of amidine groups is 1. The van der Waals surface area contributed by atoms with Gasteiger partial charge in [0, 0.05) is 60.6 Å². The van der Waals surface area contributed by atoms with Crippen molar-refractivity contribution in [2.24, 2.45) is 4.99 Å². The molecule has 272 valence electrons. The summed E-state index contributed by atoms with van der Waals surface area (Å²) < 4.78 is 15.7. The Bertz CT molecular complexity index is 3260. The third-order valence-electron chi connectivity index (χ3n) is 11.8. The molecular formula is C51H36N4O2. The van der Waals surface area contributed by atoms with Crippen molar-refractivity contribution in [1.29, 1.82) is 0 Å². The van der Waals surface area contributed by atoms with Crippen molar-refractivity contribution in [3.8, 4) is 16.8 Å². The lowest BCUT2D eigenvalue weighted by Crippen LogP contribution is -2.45. The molecule has 1 aliphatic carbocycles. The van der Waals surface area contributed by atoms with E-state index in [0.29, 0.717) is 0 Å². The maximum atomic E-state index is 6.74. The summed E-state index contributed by atoms with van der Waals surface area (Å²) >= 11 is 0. The molecule has 3 aromatic heterocycles.